The standard InChI is InChI=1S/C21H20N4O2/c1-13-7-17(8-14(2)25-13)27-21-9-15(10-22)3-5-18(21)19-6-4-16(12-24-19)20(26)11-23/h3-9,12,20,26H,11,23H2,1-2H3. The molecule has 3 aromatic rings. The van der Waals surface area contributed by atoms with E-state index in [1.807, 2.05) is 26.0 Å². The summed E-state index contributed by atoms with van der Waals surface area (Å²) in [6, 6.07) is 14.6. The summed E-state index contributed by atoms with van der Waals surface area (Å²) in [7, 11) is 0. The summed E-state index contributed by atoms with van der Waals surface area (Å²) in [5.41, 5.74) is 9.74. The predicted molar refractivity (Wildman–Crippen MR) is 102 cm³/mol. The summed E-state index contributed by atoms with van der Waals surface area (Å²) in [5, 5.41) is 19.1. The van der Waals surface area contributed by atoms with Crippen LogP contribution in [0, 0.1) is 25.2 Å². The van der Waals surface area contributed by atoms with Crippen LogP contribution >= 0.6 is 0 Å². The number of nitriles is 1. The molecular weight excluding hydrogens is 340 g/mol. The fraction of sp³-hybridized carbons (Fsp3) is 0.190. The van der Waals surface area contributed by atoms with Gasteiger partial charge in [0, 0.05) is 47.4 Å². The zero-order chi connectivity index (χ0) is 19.4. The molecule has 0 bridgehead atoms. The number of hydrogen-bond donors (Lipinski definition) is 2. The van der Waals surface area contributed by atoms with E-state index in [0.29, 0.717) is 28.3 Å². The lowest BCUT2D eigenvalue weighted by atomic mass is 10.1. The Kier molecular flexibility index (Phi) is 5.46. The van der Waals surface area contributed by atoms with Crippen LogP contribution in [-0.4, -0.2) is 21.6 Å². The van der Waals surface area contributed by atoms with Crippen molar-refractivity contribution in [3.05, 3.63) is 71.2 Å². The van der Waals surface area contributed by atoms with E-state index in [9.17, 15) is 10.4 Å². The second kappa shape index (κ2) is 7.96. The van der Waals surface area contributed by atoms with Crippen molar-refractivity contribution in [1.29, 1.82) is 5.26 Å². The van der Waals surface area contributed by atoms with E-state index in [2.05, 4.69) is 16.0 Å². The van der Waals surface area contributed by atoms with E-state index >= 15 is 0 Å². The maximum Gasteiger partial charge on any atom is 0.138 e. The molecule has 0 spiro atoms. The van der Waals surface area contributed by atoms with E-state index in [1.54, 1.807) is 36.5 Å². The fourth-order valence-corrected chi connectivity index (χ4v) is 2.77. The van der Waals surface area contributed by atoms with Gasteiger partial charge in [0.2, 0.25) is 0 Å². The van der Waals surface area contributed by atoms with Crippen LogP contribution in [0.2, 0.25) is 0 Å². The third kappa shape index (κ3) is 4.29. The van der Waals surface area contributed by atoms with Gasteiger partial charge in [-0.15, -0.1) is 0 Å². The first-order chi connectivity index (χ1) is 13.0. The number of aryl methyl sites for hydroxylation is 2. The third-order valence-electron chi connectivity index (χ3n) is 4.06. The summed E-state index contributed by atoms with van der Waals surface area (Å²) in [6.45, 7) is 3.93. The number of aliphatic hydroxyl groups is 1. The zero-order valence-electron chi connectivity index (χ0n) is 15.2. The highest BCUT2D eigenvalue weighted by molar-refractivity contribution is 5.69. The smallest absolute Gasteiger partial charge is 0.138 e. The molecule has 2 aromatic heterocycles. The highest BCUT2D eigenvalue weighted by Crippen LogP contribution is 2.34. The van der Waals surface area contributed by atoms with Crippen LogP contribution in [0.5, 0.6) is 11.5 Å². The number of rotatable bonds is 5. The van der Waals surface area contributed by atoms with Crippen molar-refractivity contribution in [2.45, 2.75) is 20.0 Å². The number of nitrogens with two attached hydrogens (primary N) is 1. The minimum atomic E-state index is -0.744. The molecule has 0 aliphatic rings. The van der Waals surface area contributed by atoms with Crippen molar-refractivity contribution in [2.75, 3.05) is 6.54 Å². The molecule has 2 heterocycles. The van der Waals surface area contributed by atoms with E-state index in [1.165, 1.54) is 0 Å². The third-order valence-corrected chi connectivity index (χ3v) is 4.06. The molecule has 0 amide bonds. The summed E-state index contributed by atoms with van der Waals surface area (Å²) in [4.78, 5) is 8.77. The second-order valence-corrected chi connectivity index (χ2v) is 6.24. The maximum absolute atomic E-state index is 9.83. The second-order valence-electron chi connectivity index (χ2n) is 6.24. The number of nitrogens with zero attached hydrogens (tertiary/aromatic N) is 3. The Balaban J connectivity index is 2.01. The number of aromatic nitrogens is 2. The average molecular weight is 360 g/mol. The zero-order valence-corrected chi connectivity index (χ0v) is 15.2. The number of ether oxygens (including phenoxy) is 1. The Labute approximate surface area is 157 Å². The number of aliphatic hydroxyl groups excluding tert-OH is 1. The van der Waals surface area contributed by atoms with E-state index < -0.39 is 6.10 Å². The Hall–Kier alpha value is -3.27. The van der Waals surface area contributed by atoms with Crippen LogP contribution in [0.4, 0.5) is 0 Å². The van der Waals surface area contributed by atoms with Crippen LogP contribution in [0.15, 0.2) is 48.7 Å². The van der Waals surface area contributed by atoms with Gasteiger partial charge < -0.3 is 15.6 Å². The van der Waals surface area contributed by atoms with Gasteiger partial charge in [-0.1, -0.05) is 6.07 Å². The van der Waals surface area contributed by atoms with Gasteiger partial charge in [-0.2, -0.15) is 5.26 Å². The molecule has 3 rings (SSSR count). The van der Waals surface area contributed by atoms with Crippen LogP contribution in [0.25, 0.3) is 11.3 Å². The number of benzene rings is 1. The number of hydrogen-bond acceptors (Lipinski definition) is 6. The van der Waals surface area contributed by atoms with Gasteiger partial charge in [0.1, 0.15) is 11.5 Å². The molecule has 0 saturated heterocycles. The van der Waals surface area contributed by atoms with Gasteiger partial charge in [0.15, 0.2) is 0 Å². The molecule has 1 aromatic carbocycles. The first kappa shape index (κ1) is 18.5. The lowest BCUT2D eigenvalue weighted by Gasteiger charge is -2.13. The molecule has 1 atom stereocenters. The minimum Gasteiger partial charge on any atom is -0.456 e. The molecule has 6 heteroatoms. The molecule has 1 unspecified atom stereocenters. The first-order valence-electron chi connectivity index (χ1n) is 8.52. The Bertz CT molecular complexity index is 974. The molecule has 0 fully saturated rings. The van der Waals surface area contributed by atoms with Gasteiger partial charge in [-0.3, -0.25) is 9.97 Å². The molecular formula is C21H20N4O2. The molecule has 0 aliphatic carbocycles. The highest BCUT2D eigenvalue weighted by Gasteiger charge is 2.12. The Morgan fingerprint density at radius 1 is 1.15 bits per heavy atom. The van der Waals surface area contributed by atoms with Gasteiger partial charge >= 0.3 is 0 Å². The summed E-state index contributed by atoms with van der Waals surface area (Å²) in [5.74, 6) is 1.17. The van der Waals surface area contributed by atoms with Crippen molar-refractivity contribution in [3.63, 3.8) is 0 Å². The average Bonchev–Trinajstić information content (AvgIpc) is 2.66. The van der Waals surface area contributed by atoms with Gasteiger partial charge in [-0.25, -0.2) is 0 Å². The highest BCUT2D eigenvalue weighted by atomic mass is 16.5. The van der Waals surface area contributed by atoms with Crippen LogP contribution < -0.4 is 10.5 Å². The molecule has 3 N–H and O–H groups in total. The molecule has 0 aliphatic heterocycles. The Morgan fingerprint density at radius 2 is 1.89 bits per heavy atom. The molecule has 136 valence electrons. The van der Waals surface area contributed by atoms with Crippen molar-refractivity contribution < 1.29 is 9.84 Å². The van der Waals surface area contributed by atoms with Crippen LogP contribution in [0.1, 0.15) is 28.6 Å². The number of pyridine rings is 2. The monoisotopic (exact) mass is 360 g/mol. The van der Waals surface area contributed by atoms with Crippen molar-refractivity contribution in [3.8, 4) is 28.8 Å². The predicted octanol–water partition coefficient (Wildman–Crippen LogP) is 3.42. The normalized spacial score (nSPS) is 11.7. The summed E-state index contributed by atoms with van der Waals surface area (Å²) < 4.78 is 6.07. The van der Waals surface area contributed by atoms with Crippen molar-refractivity contribution >= 4 is 0 Å². The topological polar surface area (TPSA) is 105 Å². The minimum absolute atomic E-state index is 0.132. The van der Waals surface area contributed by atoms with Crippen LogP contribution in [0.3, 0.4) is 0 Å². The molecule has 27 heavy (non-hydrogen) atoms. The molecule has 0 saturated carbocycles. The largest absolute Gasteiger partial charge is 0.456 e. The fourth-order valence-electron chi connectivity index (χ4n) is 2.77. The van der Waals surface area contributed by atoms with E-state index in [-0.39, 0.29) is 6.54 Å². The Morgan fingerprint density at radius 3 is 2.48 bits per heavy atom. The lowest BCUT2D eigenvalue weighted by Crippen LogP contribution is -2.11. The van der Waals surface area contributed by atoms with Crippen LogP contribution in [-0.2, 0) is 0 Å². The van der Waals surface area contributed by atoms with E-state index in [0.717, 1.165) is 17.0 Å². The lowest BCUT2D eigenvalue weighted by molar-refractivity contribution is 0.186. The molecule has 0 radical (unpaired) electrons. The van der Waals surface area contributed by atoms with Crippen molar-refractivity contribution in [2.24, 2.45) is 5.73 Å². The van der Waals surface area contributed by atoms with Gasteiger partial charge in [0.25, 0.3) is 0 Å². The first-order valence-corrected chi connectivity index (χ1v) is 8.52. The van der Waals surface area contributed by atoms with Crippen molar-refractivity contribution in [1.82, 2.24) is 9.97 Å². The van der Waals surface area contributed by atoms with Gasteiger partial charge in [-0.05, 0) is 38.1 Å². The summed E-state index contributed by atoms with van der Waals surface area (Å²) in [6.07, 6.45) is 0.848. The quantitative estimate of drug-likeness (QED) is 0.722. The van der Waals surface area contributed by atoms with Gasteiger partial charge in [0.05, 0.1) is 23.4 Å². The van der Waals surface area contributed by atoms with E-state index in [4.69, 9.17) is 10.5 Å². The maximum atomic E-state index is 9.83. The molecule has 6 nitrogen and oxygen atoms in total. The SMILES string of the molecule is Cc1cc(Oc2cc(C#N)ccc2-c2ccc(C(O)CN)cn2)cc(C)n1. The summed E-state index contributed by atoms with van der Waals surface area (Å²) >= 11 is 0.